The summed E-state index contributed by atoms with van der Waals surface area (Å²) < 4.78 is 27.6. The Balaban J connectivity index is 2.36. The number of hydrogen-bond donors (Lipinski definition) is 1. The Morgan fingerprint density at radius 3 is 2.37 bits per heavy atom. The largest absolute Gasteiger partial charge is 0.278 e. The minimum Gasteiger partial charge on any atom is -0.278 e. The highest BCUT2D eigenvalue weighted by molar-refractivity contribution is 9.10. The van der Waals surface area contributed by atoms with Gasteiger partial charge in [-0.1, -0.05) is 45.2 Å². The fourth-order valence-corrected chi connectivity index (χ4v) is 3.15. The lowest BCUT2D eigenvalue weighted by Gasteiger charge is -2.10. The number of hydrogen-bond acceptors (Lipinski definition) is 2. The Morgan fingerprint density at radius 1 is 1.11 bits per heavy atom. The minimum absolute atomic E-state index is 0.203. The molecule has 1 N–H and O–H groups in total. The number of sulfonamides is 1. The highest BCUT2D eigenvalue weighted by Gasteiger charge is 2.15. The molecule has 0 atom stereocenters. The van der Waals surface area contributed by atoms with Gasteiger partial charge >= 0.3 is 0 Å². The molecule has 0 amide bonds. The van der Waals surface area contributed by atoms with E-state index in [0.717, 1.165) is 10.0 Å². The summed E-state index contributed by atoms with van der Waals surface area (Å²) >= 11 is 9.24. The van der Waals surface area contributed by atoms with Gasteiger partial charge in [0.2, 0.25) is 0 Å². The number of benzene rings is 2. The Bertz CT molecular complexity index is 699. The third kappa shape index (κ3) is 3.49. The van der Waals surface area contributed by atoms with Gasteiger partial charge in [0.15, 0.2) is 0 Å². The summed E-state index contributed by atoms with van der Waals surface area (Å²) in [5.41, 5.74) is 1.34. The maximum Gasteiger partial charge on any atom is 0.261 e. The van der Waals surface area contributed by atoms with Crippen LogP contribution < -0.4 is 4.72 Å². The number of anilines is 1. The monoisotopic (exact) mass is 359 g/mol. The van der Waals surface area contributed by atoms with Gasteiger partial charge in [-0.15, -0.1) is 0 Å². The molecule has 0 bridgehead atoms. The molecular weight excluding hydrogens is 350 g/mol. The fraction of sp³-hybridized carbons (Fsp3) is 0.0769. The summed E-state index contributed by atoms with van der Waals surface area (Å²) in [7, 11) is -3.62. The molecule has 0 aromatic heterocycles. The zero-order valence-electron chi connectivity index (χ0n) is 10.0. The van der Waals surface area contributed by atoms with E-state index >= 15 is 0 Å². The molecule has 2 aromatic rings. The van der Waals surface area contributed by atoms with E-state index in [1.54, 1.807) is 42.5 Å². The van der Waals surface area contributed by atoms with E-state index in [9.17, 15) is 8.42 Å². The minimum atomic E-state index is -3.62. The molecule has 0 aliphatic rings. The smallest absolute Gasteiger partial charge is 0.261 e. The number of rotatable bonds is 3. The first-order valence-electron chi connectivity index (χ1n) is 5.43. The number of nitrogens with one attached hydrogen (secondary N) is 1. The van der Waals surface area contributed by atoms with Crippen LogP contribution in [0.4, 0.5) is 5.69 Å². The lowest BCUT2D eigenvalue weighted by Crippen LogP contribution is -2.13. The summed E-state index contributed by atoms with van der Waals surface area (Å²) in [6, 6.07) is 11.6. The maximum absolute atomic E-state index is 12.2. The molecule has 0 radical (unpaired) electrons. The van der Waals surface area contributed by atoms with Crippen molar-refractivity contribution in [2.45, 2.75) is 11.8 Å². The van der Waals surface area contributed by atoms with Crippen LogP contribution in [0.3, 0.4) is 0 Å². The number of aryl methyl sites for hydroxylation is 1. The van der Waals surface area contributed by atoms with E-state index in [-0.39, 0.29) is 4.90 Å². The van der Waals surface area contributed by atoms with E-state index in [1.807, 2.05) is 6.92 Å². The summed E-state index contributed by atoms with van der Waals surface area (Å²) in [5.74, 6) is 0. The van der Waals surface area contributed by atoms with Crippen LogP contribution in [0.1, 0.15) is 5.56 Å². The van der Waals surface area contributed by atoms with Crippen LogP contribution in [0.15, 0.2) is 51.8 Å². The number of halogens is 2. The molecule has 2 aromatic carbocycles. The second-order valence-electron chi connectivity index (χ2n) is 4.04. The van der Waals surface area contributed by atoms with Crippen molar-refractivity contribution in [3.63, 3.8) is 0 Å². The van der Waals surface area contributed by atoms with Gasteiger partial charge in [-0.25, -0.2) is 8.42 Å². The van der Waals surface area contributed by atoms with Crippen LogP contribution in [-0.2, 0) is 10.0 Å². The van der Waals surface area contributed by atoms with Crippen molar-refractivity contribution >= 4 is 43.2 Å². The fourth-order valence-electron chi connectivity index (χ4n) is 1.50. The van der Waals surface area contributed by atoms with Crippen molar-refractivity contribution < 1.29 is 8.42 Å². The van der Waals surface area contributed by atoms with E-state index < -0.39 is 10.0 Å². The van der Waals surface area contributed by atoms with E-state index in [2.05, 4.69) is 20.7 Å². The Hall–Kier alpha value is -1.04. The molecule has 19 heavy (non-hydrogen) atoms. The lowest BCUT2D eigenvalue weighted by atomic mass is 10.2. The molecule has 0 unspecified atom stereocenters. The lowest BCUT2D eigenvalue weighted by molar-refractivity contribution is 0.601. The molecule has 0 saturated heterocycles. The summed E-state index contributed by atoms with van der Waals surface area (Å²) in [4.78, 5) is 0.203. The quantitative estimate of drug-likeness (QED) is 0.891. The molecular formula is C13H11BrClNO2S. The molecule has 0 aliphatic carbocycles. The van der Waals surface area contributed by atoms with Crippen molar-refractivity contribution in [3.8, 4) is 0 Å². The van der Waals surface area contributed by atoms with Crippen LogP contribution in [0, 0.1) is 6.92 Å². The van der Waals surface area contributed by atoms with Gasteiger partial charge in [-0.3, -0.25) is 4.72 Å². The first kappa shape index (κ1) is 14.4. The van der Waals surface area contributed by atoms with Crippen molar-refractivity contribution in [2.24, 2.45) is 0 Å². The molecule has 2 rings (SSSR count). The van der Waals surface area contributed by atoms with Crippen molar-refractivity contribution in [1.29, 1.82) is 0 Å². The Labute approximate surface area is 125 Å². The van der Waals surface area contributed by atoms with E-state index in [4.69, 9.17) is 11.6 Å². The molecule has 100 valence electrons. The van der Waals surface area contributed by atoms with Gasteiger partial charge in [0.1, 0.15) is 0 Å². The van der Waals surface area contributed by atoms with Gasteiger partial charge in [0.05, 0.1) is 15.6 Å². The summed E-state index contributed by atoms with van der Waals surface area (Å²) in [6.07, 6.45) is 0. The Morgan fingerprint density at radius 2 is 1.74 bits per heavy atom. The maximum atomic E-state index is 12.2. The van der Waals surface area contributed by atoms with Gasteiger partial charge in [0.25, 0.3) is 10.0 Å². The molecule has 0 fully saturated rings. The van der Waals surface area contributed by atoms with Crippen molar-refractivity contribution in [1.82, 2.24) is 0 Å². The second-order valence-corrected chi connectivity index (χ2v) is 7.05. The summed E-state index contributed by atoms with van der Waals surface area (Å²) in [5, 5.41) is 0.346. The predicted molar refractivity (Wildman–Crippen MR) is 81.1 cm³/mol. The zero-order valence-corrected chi connectivity index (χ0v) is 13.2. The van der Waals surface area contributed by atoms with Gasteiger partial charge in [-0.05, 0) is 37.3 Å². The molecule has 0 saturated carbocycles. The first-order valence-corrected chi connectivity index (χ1v) is 8.08. The molecule has 0 aliphatic heterocycles. The normalized spacial score (nSPS) is 11.3. The molecule has 6 heteroatoms. The predicted octanol–water partition coefficient (Wildman–Crippen LogP) is 4.21. The van der Waals surface area contributed by atoms with Gasteiger partial charge in [0, 0.05) is 4.47 Å². The second kappa shape index (κ2) is 5.53. The average molecular weight is 361 g/mol. The van der Waals surface area contributed by atoms with Crippen LogP contribution in [0.2, 0.25) is 5.02 Å². The third-order valence-electron chi connectivity index (χ3n) is 2.50. The molecule has 0 heterocycles. The van der Waals surface area contributed by atoms with E-state index in [0.29, 0.717) is 10.7 Å². The van der Waals surface area contributed by atoms with Gasteiger partial charge < -0.3 is 0 Å². The van der Waals surface area contributed by atoms with Crippen molar-refractivity contribution in [2.75, 3.05) is 4.72 Å². The van der Waals surface area contributed by atoms with E-state index in [1.165, 1.54) is 0 Å². The third-order valence-corrected chi connectivity index (χ3v) is 4.71. The van der Waals surface area contributed by atoms with Crippen LogP contribution in [0.5, 0.6) is 0 Å². The standard InChI is InChI=1S/C13H11BrClNO2S/c1-9-2-5-11(6-3-9)19(17,18)16-13-8-10(14)4-7-12(13)15/h2-8,16H,1H3. The highest BCUT2D eigenvalue weighted by atomic mass is 79.9. The molecule has 3 nitrogen and oxygen atoms in total. The topological polar surface area (TPSA) is 46.2 Å². The molecule has 0 spiro atoms. The van der Waals surface area contributed by atoms with Crippen LogP contribution >= 0.6 is 27.5 Å². The SMILES string of the molecule is Cc1ccc(S(=O)(=O)Nc2cc(Br)ccc2Cl)cc1. The first-order chi connectivity index (χ1) is 8.88. The van der Waals surface area contributed by atoms with Crippen molar-refractivity contribution in [3.05, 3.63) is 57.5 Å². The van der Waals surface area contributed by atoms with Gasteiger partial charge in [-0.2, -0.15) is 0 Å². The van der Waals surface area contributed by atoms with Crippen LogP contribution in [0.25, 0.3) is 0 Å². The summed E-state index contributed by atoms with van der Waals surface area (Å²) in [6.45, 7) is 1.90. The zero-order chi connectivity index (χ0) is 14.0. The highest BCUT2D eigenvalue weighted by Crippen LogP contribution is 2.27. The Kier molecular flexibility index (Phi) is 4.18. The van der Waals surface area contributed by atoms with Crippen LogP contribution in [-0.4, -0.2) is 8.42 Å². The average Bonchev–Trinajstić information content (AvgIpc) is 2.34.